The lowest BCUT2D eigenvalue weighted by molar-refractivity contribution is -0.151. The minimum Gasteiger partial charge on any atom is -0.479 e. The number of rotatable bonds is 4. The molecule has 2 unspecified atom stereocenters. The van der Waals surface area contributed by atoms with Gasteiger partial charge in [-0.05, 0) is 31.2 Å². The van der Waals surface area contributed by atoms with E-state index < -0.39 is 11.5 Å². The zero-order valence-corrected chi connectivity index (χ0v) is 12.7. The second kappa shape index (κ2) is 6.29. The minimum atomic E-state index is -1.10. The van der Waals surface area contributed by atoms with Gasteiger partial charge < -0.3 is 10.4 Å². The van der Waals surface area contributed by atoms with Gasteiger partial charge in [0.25, 0.3) is 0 Å². The largest absolute Gasteiger partial charge is 0.479 e. The molecule has 4 heteroatoms. The molecule has 1 aliphatic rings. The van der Waals surface area contributed by atoms with E-state index in [4.69, 9.17) is 0 Å². The molecule has 1 amide bonds. The van der Waals surface area contributed by atoms with E-state index in [1.165, 1.54) is 0 Å². The number of amides is 1. The number of hydrogen-bond donors (Lipinski definition) is 2. The van der Waals surface area contributed by atoms with Gasteiger partial charge >= 0.3 is 5.97 Å². The summed E-state index contributed by atoms with van der Waals surface area (Å²) in [5, 5.41) is 12.4. The van der Waals surface area contributed by atoms with Crippen molar-refractivity contribution in [3.63, 3.8) is 0 Å². The summed E-state index contributed by atoms with van der Waals surface area (Å²) in [6, 6.07) is 7.73. The first-order valence-corrected chi connectivity index (χ1v) is 7.54. The fraction of sp³-hybridized carbons (Fsp3) is 0.529. The van der Waals surface area contributed by atoms with Gasteiger partial charge in [-0.2, -0.15) is 0 Å². The predicted octanol–water partition coefficient (Wildman–Crippen LogP) is 2.69. The summed E-state index contributed by atoms with van der Waals surface area (Å²) in [7, 11) is 0. The summed E-state index contributed by atoms with van der Waals surface area (Å²) in [6.45, 7) is 3.91. The molecule has 0 aliphatic heterocycles. The van der Waals surface area contributed by atoms with Crippen LogP contribution in [-0.2, 0) is 16.0 Å². The van der Waals surface area contributed by atoms with Crippen LogP contribution in [0.4, 0.5) is 0 Å². The van der Waals surface area contributed by atoms with Crippen LogP contribution in [0.5, 0.6) is 0 Å². The average Bonchev–Trinajstić information content (AvgIpc) is 2.44. The molecular formula is C17H23NO3. The molecule has 0 saturated heterocycles. The van der Waals surface area contributed by atoms with Gasteiger partial charge in [-0.1, -0.05) is 49.6 Å². The summed E-state index contributed by atoms with van der Waals surface area (Å²) in [4.78, 5) is 24.0. The highest BCUT2D eigenvalue weighted by molar-refractivity contribution is 5.88. The summed E-state index contributed by atoms with van der Waals surface area (Å²) < 4.78 is 0. The number of hydrogen-bond acceptors (Lipinski definition) is 2. The Bertz CT molecular complexity index is 523. The number of carboxylic acids is 1. The number of aryl methyl sites for hydroxylation is 1. The van der Waals surface area contributed by atoms with Crippen LogP contribution < -0.4 is 5.32 Å². The smallest absolute Gasteiger partial charge is 0.329 e. The van der Waals surface area contributed by atoms with E-state index >= 15 is 0 Å². The molecule has 0 bridgehead atoms. The Morgan fingerprint density at radius 3 is 2.52 bits per heavy atom. The van der Waals surface area contributed by atoms with E-state index in [1.807, 2.05) is 38.1 Å². The fourth-order valence-corrected chi connectivity index (χ4v) is 3.09. The lowest BCUT2D eigenvalue weighted by Crippen LogP contribution is -2.60. The van der Waals surface area contributed by atoms with Crippen molar-refractivity contribution in [3.05, 3.63) is 35.4 Å². The third-order valence-corrected chi connectivity index (χ3v) is 4.53. The van der Waals surface area contributed by atoms with E-state index in [9.17, 15) is 14.7 Å². The van der Waals surface area contributed by atoms with Crippen LogP contribution in [0, 0.1) is 12.8 Å². The van der Waals surface area contributed by atoms with Crippen molar-refractivity contribution in [2.45, 2.75) is 51.5 Å². The molecule has 0 spiro atoms. The quantitative estimate of drug-likeness (QED) is 0.895. The van der Waals surface area contributed by atoms with Gasteiger partial charge in [0.05, 0.1) is 6.42 Å². The zero-order chi connectivity index (χ0) is 15.5. The molecule has 1 fully saturated rings. The van der Waals surface area contributed by atoms with Crippen molar-refractivity contribution < 1.29 is 14.7 Å². The molecule has 114 valence electrons. The number of nitrogens with one attached hydrogen (secondary N) is 1. The van der Waals surface area contributed by atoms with Crippen molar-refractivity contribution in [1.29, 1.82) is 0 Å². The van der Waals surface area contributed by atoms with Crippen LogP contribution in [0.25, 0.3) is 0 Å². The van der Waals surface area contributed by atoms with Crippen molar-refractivity contribution >= 4 is 11.9 Å². The molecule has 4 nitrogen and oxygen atoms in total. The highest BCUT2D eigenvalue weighted by Crippen LogP contribution is 2.34. The van der Waals surface area contributed by atoms with E-state index in [-0.39, 0.29) is 18.2 Å². The molecule has 1 aliphatic carbocycles. The minimum absolute atomic E-state index is 0.0364. The number of carboxylic acid groups (broad SMARTS) is 1. The maximum atomic E-state index is 12.2. The third kappa shape index (κ3) is 3.43. The Labute approximate surface area is 125 Å². The Kier molecular flexibility index (Phi) is 4.66. The van der Waals surface area contributed by atoms with E-state index in [0.717, 1.165) is 30.4 Å². The topological polar surface area (TPSA) is 66.4 Å². The van der Waals surface area contributed by atoms with Crippen molar-refractivity contribution in [1.82, 2.24) is 5.32 Å². The van der Waals surface area contributed by atoms with E-state index in [2.05, 4.69) is 5.32 Å². The highest BCUT2D eigenvalue weighted by Gasteiger charge is 2.46. The Hall–Kier alpha value is -1.84. The van der Waals surface area contributed by atoms with Gasteiger partial charge in [0.1, 0.15) is 5.54 Å². The predicted molar refractivity (Wildman–Crippen MR) is 81.0 cm³/mol. The summed E-state index contributed by atoms with van der Waals surface area (Å²) in [5.41, 5.74) is 0.948. The van der Waals surface area contributed by atoms with Gasteiger partial charge in [0.2, 0.25) is 5.91 Å². The van der Waals surface area contributed by atoms with E-state index in [1.54, 1.807) is 0 Å². The fourth-order valence-electron chi connectivity index (χ4n) is 3.09. The first-order chi connectivity index (χ1) is 9.94. The second-order valence-corrected chi connectivity index (χ2v) is 6.13. The zero-order valence-electron chi connectivity index (χ0n) is 12.7. The van der Waals surface area contributed by atoms with Crippen LogP contribution in [0.3, 0.4) is 0 Å². The van der Waals surface area contributed by atoms with Gasteiger partial charge in [0.15, 0.2) is 0 Å². The van der Waals surface area contributed by atoms with Crippen molar-refractivity contribution in [2.24, 2.45) is 5.92 Å². The average molecular weight is 289 g/mol. The van der Waals surface area contributed by atoms with Crippen molar-refractivity contribution in [2.75, 3.05) is 0 Å². The molecule has 1 aromatic carbocycles. The number of benzene rings is 1. The van der Waals surface area contributed by atoms with Crippen LogP contribution in [0.2, 0.25) is 0 Å². The SMILES string of the molecule is Cc1ccc(CC(=O)NC2(C(=O)O)CCCCC2C)cc1. The molecule has 1 aromatic rings. The first-order valence-electron chi connectivity index (χ1n) is 7.54. The maximum Gasteiger partial charge on any atom is 0.329 e. The molecule has 0 radical (unpaired) electrons. The standard InChI is InChI=1S/C17H23NO3/c1-12-6-8-14(9-7-12)11-15(19)18-17(16(20)21)10-4-3-5-13(17)2/h6-9,13H,3-5,10-11H2,1-2H3,(H,18,19)(H,20,21). The van der Waals surface area contributed by atoms with Gasteiger partial charge in [-0.3, -0.25) is 4.79 Å². The molecule has 21 heavy (non-hydrogen) atoms. The summed E-state index contributed by atoms with van der Waals surface area (Å²) in [6.07, 6.45) is 3.47. The molecule has 2 atom stereocenters. The van der Waals surface area contributed by atoms with Crippen molar-refractivity contribution in [3.8, 4) is 0 Å². The second-order valence-electron chi connectivity index (χ2n) is 6.13. The Balaban J connectivity index is 2.08. The molecule has 2 rings (SSSR count). The molecule has 1 saturated carbocycles. The highest BCUT2D eigenvalue weighted by atomic mass is 16.4. The Morgan fingerprint density at radius 2 is 1.95 bits per heavy atom. The summed E-state index contributed by atoms with van der Waals surface area (Å²) in [5.74, 6) is -1.16. The first kappa shape index (κ1) is 15.5. The van der Waals surface area contributed by atoms with Crippen LogP contribution in [-0.4, -0.2) is 22.5 Å². The molecule has 2 N–H and O–H groups in total. The van der Waals surface area contributed by atoms with Gasteiger partial charge in [-0.25, -0.2) is 4.79 Å². The molecule has 0 aromatic heterocycles. The normalized spacial score (nSPS) is 25.3. The lowest BCUT2D eigenvalue weighted by Gasteiger charge is -2.39. The van der Waals surface area contributed by atoms with Crippen LogP contribution in [0.15, 0.2) is 24.3 Å². The molecular weight excluding hydrogens is 266 g/mol. The Morgan fingerprint density at radius 1 is 1.29 bits per heavy atom. The van der Waals surface area contributed by atoms with Crippen LogP contribution >= 0.6 is 0 Å². The lowest BCUT2D eigenvalue weighted by atomic mass is 9.73. The number of aliphatic carboxylic acids is 1. The summed E-state index contributed by atoms with van der Waals surface area (Å²) >= 11 is 0. The van der Waals surface area contributed by atoms with Crippen LogP contribution in [0.1, 0.15) is 43.7 Å². The van der Waals surface area contributed by atoms with Gasteiger partial charge in [0, 0.05) is 0 Å². The van der Waals surface area contributed by atoms with Gasteiger partial charge in [-0.15, -0.1) is 0 Å². The monoisotopic (exact) mass is 289 g/mol. The number of carbonyl (C=O) groups excluding carboxylic acids is 1. The number of carbonyl (C=O) groups is 2. The maximum absolute atomic E-state index is 12.2. The van der Waals surface area contributed by atoms with E-state index in [0.29, 0.717) is 6.42 Å². The molecule has 0 heterocycles. The third-order valence-electron chi connectivity index (χ3n) is 4.53.